The van der Waals surface area contributed by atoms with Gasteiger partial charge in [-0.25, -0.2) is 0 Å². The molecule has 37 heavy (non-hydrogen) atoms. The highest BCUT2D eigenvalue weighted by atomic mass is 16.5. The Kier molecular flexibility index (Phi) is 11.5. The normalized spacial score (nSPS) is 19.5. The maximum absolute atomic E-state index is 13.7. The van der Waals surface area contributed by atoms with E-state index >= 15 is 0 Å². The summed E-state index contributed by atoms with van der Waals surface area (Å²) in [5, 5.41) is 3.58. The average molecular weight is 518 g/mol. The maximum atomic E-state index is 13.7. The van der Waals surface area contributed by atoms with Crippen molar-refractivity contribution in [2.24, 2.45) is 5.92 Å². The molecule has 2 fully saturated rings. The fraction of sp³-hybridized carbons (Fsp3) is 0.724. The summed E-state index contributed by atoms with van der Waals surface area (Å²) in [5.74, 6) is 2.13. The molecule has 2 aliphatic rings. The van der Waals surface area contributed by atoms with Gasteiger partial charge in [-0.2, -0.15) is 0 Å². The fourth-order valence-corrected chi connectivity index (χ4v) is 5.13. The number of rotatable bonds is 15. The zero-order chi connectivity index (χ0) is 26.8. The van der Waals surface area contributed by atoms with Crippen molar-refractivity contribution in [1.82, 2.24) is 15.1 Å². The van der Waals surface area contributed by atoms with Crippen molar-refractivity contribution < 1.29 is 23.8 Å². The molecule has 0 bridgehead atoms. The summed E-state index contributed by atoms with van der Waals surface area (Å²) in [6, 6.07) is 5.66. The molecule has 0 spiro atoms. The number of benzene rings is 1. The van der Waals surface area contributed by atoms with Crippen LogP contribution in [0.4, 0.5) is 0 Å². The highest BCUT2D eigenvalue weighted by Crippen LogP contribution is 2.31. The highest BCUT2D eigenvalue weighted by molar-refractivity contribution is 5.95. The molecule has 0 unspecified atom stereocenters. The molecule has 1 aromatic rings. The smallest absolute Gasteiger partial charge is 0.254 e. The highest BCUT2D eigenvalue weighted by Gasteiger charge is 2.33. The number of hydrogen-bond acceptors (Lipinski definition) is 6. The Morgan fingerprint density at radius 1 is 1.08 bits per heavy atom. The van der Waals surface area contributed by atoms with E-state index in [1.165, 1.54) is 12.8 Å². The van der Waals surface area contributed by atoms with Gasteiger partial charge in [0, 0.05) is 69.9 Å². The molecule has 8 nitrogen and oxygen atoms in total. The summed E-state index contributed by atoms with van der Waals surface area (Å²) in [5.41, 5.74) is 0.587. The standard InChI is InChI=1S/C29H47N3O5/c1-6-14-31(20-22-8-9-22)28(33)18-24-11-12-25(19-30-24)32(21(2)3)29(34)23-10-13-26(36-5)27(17-23)37-16-7-15-35-4/h10,13,17,21-22,24-25,30H,6-9,11-12,14-16,18-20H2,1-5H3/t24-,25-/m1/s1. The minimum Gasteiger partial charge on any atom is -0.493 e. The third-order valence-electron chi connectivity index (χ3n) is 7.28. The number of carbonyl (C=O) groups excluding carboxylic acids is 2. The van der Waals surface area contributed by atoms with Crippen molar-refractivity contribution in [3.63, 3.8) is 0 Å². The summed E-state index contributed by atoms with van der Waals surface area (Å²) in [7, 11) is 3.26. The Bertz CT molecular complexity index is 865. The SMILES string of the molecule is CCCN(CC1CC1)C(=O)C[C@H]1CC[C@@H](N(C(=O)c2ccc(OC)c(OCCCOC)c2)C(C)C)CN1. The molecule has 1 saturated heterocycles. The summed E-state index contributed by atoms with van der Waals surface area (Å²) in [6.07, 6.45) is 6.56. The molecule has 1 N–H and O–H groups in total. The largest absolute Gasteiger partial charge is 0.493 e. The lowest BCUT2D eigenvalue weighted by Crippen LogP contribution is -2.54. The van der Waals surface area contributed by atoms with Gasteiger partial charge in [-0.1, -0.05) is 6.92 Å². The monoisotopic (exact) mass is 517 g/mol. The van der Waals surface area contributed by atoms with Gasteiger partial charge in [0.1, 0.15) is 0 Å². The lowest BCUT2D eigenvalue weighted by atomic mass is 9.95. The summed E-state index contributed by atoms with van der Waals surface area (Å²) in [6.45, 7) is 9.79. The zero-order valence-corrected chi connectivity index (χ0v) is 23.5. The van der Waals surface area contributed by atoms with Gasteiger partial charge in [0.15, 0.2) is 11.5 Å². The van der Waals surface area contributed by atoms with E-state index in [9.17, 15) is 9.59 Å². The van der Waals surface area contributed by atoms with Crippen molar-refractivity contribution in [3.05, 3.63) is 23.8 Å². The van der Waals surface area contributed by atoms with Gasteiger partial charge in [-0.15, -0.1) is 0 Å². The Morgan fingerprint density at radius 3 is 2.46 bits per heavy atom. The van der Waals surface area contributed by atoms with Crippen LogP contribution in [0.1, 0.15) is 76.1 Å². The van der Waals surface area contributed by atoms with Crippen LogP contribution in [0.3, 0.4) is 0 Å². The summed E-state index contributed by atoms with van der Waals surface area (Å²) < 4.78 is 16.4. The topological polar surface area (TPSA) is 80.3 Å². The van der Waals surface area contributed by atoms with Crippen molar-refractivity contribution in [1.29, 1.82) is 0 Å². The van der Waals surface area contributed by atoms with Crippen molar-refractivity contribution in [2.75, 3.05) is 47.1 Å². The summed E-state index contributed by atoms with van der Waals surface area (Å²) >= 11 is 0. The van der Waals surface area contributed by atoms with Gasteiger partial charge in [-0.05, 0) is 70.1 Å². The molecule has 1 aromatic carbocycles. The van der Waals surface area contributed by atoms with Crippen LogP contribution in [0.2, 0.25) is 0 Å². The molecule has 1 heterocycles. The van der Waals surface area contributed by atoms with Crippen molar-refractivity contribution in [2.45, 2.75) is 83.8 Å². The first kappa shape index (κ1) is 29.2. The molecule has 8 heteroatoms. The van der Waals surface area contributed by atoms with Gasteiger partial charge in [0.05, 0.1) is 13.7 Å². The predicted octanol–water partition coefficient (Wildman–Crippen LogP) is 4.12. The molecule has 2 atom stereocenters. The first-order valence-corrected chi connectivity index (χ1v) is 14.0. The van der Waals surface area contributed by atoms with Gasteiger partial charge in [0.2, 0.25) is 5.91 Å². The van der Waals surface area contributed by atoms with E-state index in [0.29, 0.717) is 49.2 Å². The lowest BCUT2D eigenvalue weighted by Gasteiger charge is -2.40. The first-order valence-electron chi connectivity index (χ1n) is 14.0. The Balaban J connectivity index is 1.60. The van der Waals surface area contributed by atoms with E-state index in [-0.39, 0.29) is 29.9 Å². The third-order valence-corrected chi connectivity index (χ3v) is 7.28. The lowest BCUT2D eigenvalue weighted by molar-refractivity contribution is -0.132. The number of piperidine rings is 1. The number of methoxy groups -OCH3 is 2. The van der Waals surface area contributed by atoms with Crippen LogP contribution in [0, 0.1) is 5.92 Å². The van der Waals surface area contributed by atoms with E-state index < -0.39 is 0 Å². The van der Waals surface area contributed by atoms with E-state index in [1.807, 2.05) is 4.90 Å². The molecule has 1 aliphatic carbocycles. The minimum absolute atomic E-state index is 0.0146. The predicted molar refractivity (Wildman–Crippen MR) is 145 cm³/mol. The molecule has 208 valence electrons. The van der Waals surface area contributed by atoms with E-state index in [4.69, 9.17) is 14.2 Å². The number of carbonyl (C=O) groups is 2. The van der Waals surface area contributed by atoms with Crippen LogP contribution in [-0.2, 0) is 9.53 Å². The fourth-order valence-electron chi connectivity index (χ4n) is 5.13. The second-order valence-electron chi connectivity index (χ2n) is 10.7. The minimum atomic E-state index is -0.0146. The van der Waals surface area contributed by atoms with E-state index in [0.717, 1.165) is 38.8 Å². The molecule has 3 rings (SSSR count). The van der Waals surface area contributed by atoms with Crippen LogP contribution in [-0.4, -0.2) is 86.8 Å². The van der Waals surface area contributed by atoms with Crippen LogP contribution in [0.15, 0.2) is 18.2 Å². The van der Waals surface area contributed by atoms with Crippen LogP contribution in [0.25, 0.3) is 0 Å². The van der Waals surface area contributed by atoms with Gasteiger partial charge in [-0.3, -0.25) is 9.59 Å². The summed E-state index contributed by atoms with van der Waals surface area (Å²) in [4.78, 5) is 30.7. The molecule has 1 saturated carbocycles. The number of nitrogens with one attached hydrogen (secondary N) is 1. The number of amides is 2. The Labute approximate surface area is 223 Å². The van der Waals surface area contributed by atoms with E-state index in [2.05, 4.69) is 31.0 Å². The first-order chi connectivity index (χ1) is 17.9. The van der Waals surface area contributed by atoms with Crippen molar-refractivity contribution >= 4 is 11.8 Å². The second-order valence-corrected chi connectivity index (χ2v) is 10.7. The zero-order valence-electron chi connectivity index (χ0n) is 23.5. The number of ether oxygens (including phenoxy) is 3. The van der Waals surface area contributed by atoms with Crippen LogP contribution in [0.5, 0.6) is 11.5 Å². The number of hydrogen-bond donors (Lipinski definition) is 1. The number of nitrogens with zero attached hydrogens (tertiary/aromatic N) is 2. The van der Waals surface area contributed by atoms with Crippen molar-refractivity contribution in [3.8, 4) is 11.5 Å². The van der Waals surface area contributed by atoms with Crippen LogP contribution >= 0.6 is 0 Å². The third kappa shape index (κ3) is 8.60. The van der Waals surface area contributed by atoms with E-state index in [1.54, 1.807) is 32.4 Å². The van der Waals surface area contributed by atoms with Gasteiger partial charge in [0.25, 0.3) is 5.91 Å². The molecule has 1 aliphatic heterocycles. The average Bonchev–Trinajstić information content (AvgIpc) is 3.71. The molecule has 0 radical (unpaired) electrons. The van der Waals surface area contributed by atoms with Gasteiger partial charge < -0.3 is 29.3 Å². The second kappa shape index (κ2) is 14.6. The maximum Gasteiger partial charge on any atom is 0.254 e. The van der Waals surface area contributed by atoms with Gasteiger partial charge >= 0.3 is 0 Å². The Morgan fingerprint density at radius 2 is 1.86 bits per heavy atom. The Hall–Kier alpha value is -2.32. The molecular weight excluding hydrogens is 470 g/mol. The quantitative estimate of drug-likeness (QED) is 0.353. The molecular formula is C29H47N3O5. The van der Waals surface area contributed by atoms with Crippen LogP contribution < -0.4 is 14.8 Å². The molecule has 0 aromatic heterocycles. The molecule has 2 amide bonds.